The van der Waals surface area contributed by atoms with Crippen LogP contribution in [-0.4, -0.2) is 17.1 Å². The average Bonchev–Trinajstić information content (AvgIpc) is 2.94. The van der Waals surface area contributed by atoms with Crippen molar-refractivity contribution in [2.45, 2.75) is 12.5 Å². The topological polar surface area (TPSA) is 32.7 Å². The van der Waals surface area contributed by atoms with Crippen LogP contribution in [0.5, 0.6) is 0 Å². The van der Waals surface area contributed by atoms with Crippen LogP contribution in [0.25, 0.3) is 0 Å². The number of benzene rings is 2. The van der Waals surface area contributed by atoms with E-state index in [1.54, 1.807) is 12.1 Å². The molecule has 0 saturated heterocycles. The Hall–Kier alpha value is -2.01. The molecule has 0 N–H and O–H groups in total. The van der Waals surface area contributed by atoms with Crippen molar-refractivity contribution in [1.29, 1.82) is 0 Å². The lowest BCUT2D eigenvalue weighted by Crippen LogP contribution is -2.17. The van der Waals surface area contributed by atoms with E-state index in [2.05, 4.69) is 21.0 Å². The van der Waals surface area contributed by atoms with E-state index < -0.39 is 0 Å². The fourth-order valence-electron chi connectivity index (χ4n) is 2.45. The molecule has 1 heterocycles. The molecule has 3 nitrogen and oxygen atoms in total. The van der Waals surface area contributed by atoms with E-state index in [0.717, 1.165) is 10.0 Å². The maximum Gasteiger partial charge on any atom is 0.230 e. The van der Waals surface area contributed by atoms with Crippen LogP contribution in [0.2, 0.25) is 0 Å². The highest BCUT2D eigenvalue weighted by Gasteiger charge is 2.29. The Morgan fingerprint density at radius 1 is 1.24 bits per heavy atom. The van der Waals surface area contributed by atoms with Crippen LogP contribution < -0.4 is 0 Å². The van der Waals surface area contributed by atoms with Crippen LogP contribution in [0, 0.1) is 5.82 Å². The minimum atomic E-state index is -0.337. The van der Waals surface area contributed by atoms with Gasteiger partial charge in [-0.2, -0.15) is 5.10 Å². The second kappa shape index (κ2) is 5.77. The first kappa shape index (κ1) is 13.9. The van der Waals surface area contributed by atoms with Crippen molar-refractivity contribution in [3.05, 3.63) is 69.9 Å². The number of hydrazone groups is 1. The molecule has 0 radical (unpaired) electrons. The summed E-state index contributed by atoms with van der Waals surface area (Å²) in [6.45, 7) is 0. The first-order valence-corrected chi connectivity index (χ1v) is 7.30. The molecule has 0 saturated carbocycles. The van der Waals surface area contributed by atoms with Crippen molar-refractivity contribution < 1.29 is 9.18 Å². The number of hydrogen-bond donors (Lipinski definition) is 0. The second-order valence-corrected chi connectivity index (χ2v) is 5.70. The summed E-state index contributed by atoms with van der Waals surface area (Å²) in [5, 5.41) is 5.61. The van der Waals surface area contributed by atoms with Crippen LogP contribution in [-0.2, 0) is 4.79 Å². The van der Waals surface area contributed by atoms with E-state index in [1.807, 2.05) is 30.3 Å². The van der Waals surface area contributed by atoms with Gasteiger partial charge in [-0.1, -0.05) is 46.3 Å². The third kappa shape index (κ3) is 2.74. The number of hydrogen-bond acceptors (Lipinski definition) is 2. The molecular weight excluding hydrogens is 335 g/mol. The summed E-state index contributed by atoms with van der Waals surface area (Å²) >= 11 is 3.33. The Labute approximate surface area is 130 Å². The highest BCUT2D eigenvalue weighted by atomic mass is 79.9. The maximum absolute atomic E-state index is 14.0. The molecule has 2 aromatic carbocycles. The van der Waals surface area contributed by atoms with E-state index in [1.165, 1.54) is 11.1 Å². The Morgan fingerprint density at radius 3 is 2.71 bits per heavy atom. The third-order valence-corrected chi connectivity index (χ3v) is 3.97. The normalized spacial score (nSPS) is 17.7. The van der Waals surface area contributed by atoms with E-state index in [4.69, 9.17) is 0 Å². The van der Waals surface area contributed by atoms with Crippen molar-refractivity contribution in [2.24, 2.45) is 5.10 Å². The summed E-state index contributed by atoms with van der Waals surface area (Å²) in [5.41, 5.74) is 1.99. The first-order chi connectivity index (χ1) is 10.2. The molecule has 3 rings (SSSR count). The largest absolute Gasteiger partial charge is 0.277 e. The van der Waals surface area contributed by atoms with E-state index in [-0.39, 0.29) is 11.9 Å². The van der Waals surface area contributed by atoms with E-state index in [0.29, 0.717) is 24.1 Å². The number of carbonyl (C=O) groups excluding carboxylic acids is 1. The van der Waals surface area contributed by atoms with E-state index >= 15 is 0 Å². The summed E-state index contributed by atoms with van der Waals surface area (Å²) in [6, 6.07) is 14.2. The molecule has 106 valence electrons. The van der Waals surface area contributed by atoms with Gasteiger partial charge in [0.2, 0.25) is 6.41 Å². The third-order valence-electron chi connectivity index (χ3n) is 3.47. The minimum absolute atomic E-state index is 0.183. The van der Waals surface area contributed by atoms with Crippen LogP contribution in [0.15, 0.2) is 58.1 Å². The Bertz CT molecular complexity index is 703. The molecule has 5 heteroatoms. The highest BCUT2D eigenvalue weighted by molar-refractivity contribution is 9.10. The zero-order valence-corrected chi connectivity index (χ0v) is 12.6. The second-order valence-electron chi connectivity index (χ2n) is 4.79. The summed E-state index contributed by atoms with van der Waals surface area (Å²) in [5.74, 6) is -0.337. The van der Waals surface area contributed by atoms with Crippen molar-refractivity contribution in [1.82, 2.24) is 5.01 Å². The van der Waals surface area contributed by atoms with Crippen LogP contribution >= 0.6 is 15.9 Å². The summed E-state index contributed by atoms with van der Waals surface area (Å²) < 4.78 is 14.8. The molecule has 0 spiro atoms. The first-order valence-electron chi connectivity index (χ1n) is 6.50. The summed E-state index contributed by atoms with van der Waals surface area (Å²) in [7, 11) is 0. The van der Waals surface area contributed by atoms with Gasteiger partial charge in [0.15, 0.2) is 0 Å². The molecule has 0 aromatic heterocycles. The average molecular weight is 347 g/mol. The lowest BCUT2D eigenvalue weighted by Gasteiger charge is -2.17. The zero-order valence-electron chi connectivity index (χ0n) is 11.0. The molecule has 1 aliphatic rings. The van der Waals surface area contributed by atoms with Gasteiger partial charge in [-0.3, -0.25) is 4.79 Å². The molecular formula is C16H12BrFN2O. The lowest BCUT2D eigenvalue weighted by molar-refractivity contribution is -0.119. The fraction of sp³-hybridized carbons (Fsp3) is 0.125. The standard InChI is InChI=1S/C16H12BrFN2O/c17-12-6-7-14(18)13(8-12)15-9-16(20(10-21)19-15)11-4-2-1-3-5-11/h1-8,10,16H,9H2/t16-/m0/s1. The number of nitrogens with zero attached hydrogens (tertiary/aromatic N) is 2. The van der Waals surface area contributed by atoms with Crippen molar-refractivity contribution in [2.75, 3.05) is 0 Å². The summed E-state index contributed by atoms with van der Waals surface area (Å²) in [4.78, 5) is 11.2. The number of carbonyl (C=O) groups is 1. The maximum atomic E-state index is 14.0. The van der Waals surface area contributed by atoms with Gasteiger partial charge >= 0.3 is 0 Å². The molecule has 0 fully saturated rings. The van der Waals surface area contributed by atoms with Gasteiger partial charge in [0.1, 0.15) is 5.82 Å². The van der Waals surface area contributed by atoms with Crippen molar-refractivity contribution in [3.63, 3.8) is 0 Å². The lowest BCUT2D eigenvalue weighted by atomic mass is 9.98. The molecule has 2 aromatic rings. The molecule has 0 unspecified atom stereocenters. The van der Waals surface area contributed by atoms with Gasteiger partial charge in [-0.25, -0.2) is 9.40 Å². The molecule has 1 amide bonds. The smallest absolute Gasteiger partial charge is 0.230 e. The SMILES string of the molecule is O=CN1N=C(c2cc(Br)ccc2F)C[C@H]1c1ccccc1. The molecule has 1 aliphatic heterocycles. The summed E-state index contributed by atoms with van der Waals surface area (Å²) in [6.07, 6.45) is 1.18. The monoisotopic (exact) mass is 346 g/mol. The van der Waals surface area contributed by atoms with Crippen molar-refractivity contribution >= 4 is 28.1 Å². The number of rotatable bonds is 3. The Balaban J connectivity index is 1.96. The minimum Gasteiger partial charge on any atom is -0.277 e. The Morgan fingerprint density at radius 2 is 2.00 bits per heavy atom. The Kier molecular flexibility index (Phi) is 3.84. The van der Waals surface area contributed by atoms with Crippen LogP contribution in [0.3, 0.4) is 0 Å². The predicted octanol–water partition coefficient (Wildman–Crippen LogP) is 3.90. The van der Waals surface area contributed by atoms with Gasteiger partial charge in [0, 0.05) is 16.5 Å². The van der Waals surface area contributed by atoms with Gasteiger partial charge < -0.3 is 0 Å². The molecule has 1 atom stereocenters. The van der Waals surface area contributed by atoms with Crippen LogP contribution in [0.1, 0.15) is 23.6 Å². The number of halogens is 2. The molecule has 21 heavy (non-hydrogen) atoms. The van der Waals surface area contributed by atoms with Gasteiger partial charge in [0.05, 0.1) is 11.8 Å². The zero-order chi connectivity index (χ0) is 14.8. The van der Waals surface area contributed by atoms with Gasteiger partial charge in [-0.15, -0.1) is 0 Å². The molecule has 0 aliphatic carbocycles. The van der Waals surface area contributed by atoms with Gasteiger partial charge in [0.25, 0.3) is 0 Å². The van der Waals surface area contributed by atoms with Crippen LogP contribution in [0.4, 0.5) is 4.39 Å². The number of amides is 1. The molecule has 0 bridgehead atoms. The fourth-order valence-corrected chi connectivity index (χ4v) is 2.81. The van der Waals surface area contributed by atoms with E-state index in [9.17, 15) is 9.18 Å². The highest BCUT2D eigenvalue weighted by Crippen LogP contribution is 2.32. The quantitative estimate of drug-likeness (QED) is 0.776. The van der Waals surface area contributed by atoms with Gasteiger partial charge in [-0.05, 0) is 23.8 Å². The van der Waals surface area contributed by atoms with Crippen molar-refractivity contribution in [3.8, 4) is 0 Å². The predicted molar refractivity (Wildman–Crippen MR) is 82.3 cm³/mol.